The third-order valence-corrected chi connectivity index (χ3v) is 4.71. The van der Waals surface area contributed by atoms with Crippen molar-refractivity contribution in [2.75, 3.05) is 6.61 Å². The van der Waals surface area contributed by atoms with Crippen molar-refractivity contribution in [2.45, 2.75) is 38.9 Å². The summed E-state index contributed by atoms with van der Waals surface area (Å²) in [6, 6.07) is 8.07. The van der Waals surface area contributed by atoms with E-state index in [0.717, 1.165) is 21.9 Å². The van der Waals surface area contributed by atoms with Gasteiger partial charge in [0, 0.05) is 17.1 Å². The van der Waals surface area contributed by atoms with Crippen LogP contribution in [0.15, 0.2) is 35.9 Å². The number of aromatic amines is 1. The number of fused-ring (bicyclic) bond motifs is 1. The number of rotatable bonds is 3. The summed E-state index contributed by atoms with van der Waals surface area (Å²) in [6.45, 7) is 7.94. The van der Waals surface area contributed by atoms with E-state index in [1.807, 2.05) is 64.2 Å². The molecule has 0 amide bonds. The lowest BCUT2D eigenvalue weighted by molar-refractivity contribution is 0.00578. The standard InChI is InChI=1S/C17H22BNO3/c1-16(2)17(3,4)22-18(21-16)13(11-20)10-12-6-5-7-15-14(12)8-9-19-15/h5-10,19-20H,11H2,1-4H3. The summed E-state index contributed by atoms with van der Waals surface area (Å²) in [7, 11) is -0.524. The Bertz CT molecular complexity index is 702. The molecule has 0 saturated carbocycles. The van der Waals surface area contributed by atoms with Gasteiger partial charge < -0.3 is 19.4 Å². The Kier molecular flexibility index (Phi) is 3.67. The van der Waals surface area contributed by atoms with E-state index in [1.165, 1.54) is 0 Å². The monoisotopic (exact) mass is 299 g/mol. The van der Waals surface area contributed by atoms with Crippen LogP contribution in [0.2, 0.25) is 0 Å². The van der Waals surface area contributed by atoms with Crippen molar-refractivity contribution in [1.29, 1.82) is 0 Å². The Morgan fingerprint density at radius 1 is 1.18 bits per heavy atom. The van der Waals surface area contributed by atoms with Crippen LogP contribution in [-0.2, 0) is 9.31 Å². The number of hydrogen-bond donors (Lipinski definition) is 2. The molecular formula is C17H22BNO3. The fourth-order valence-electron chi connectivity index (χ4n) is 2.62. The van der Waals surface area contributed by atoms with E-state index in [2.05, 4.69) is 4.98 Å². The van der Waals surface area contributed by atoms with Gasteiger partial charge in [0.05, 0.1) is 17.8 Å². The minimum Gasteiger partial charge on any atom is -0.400 e. The zero-order valence-electron chi connectivity index (χ0n) is 13.5. The molecule has 22 heavy (non-hydrogen) atoms. The third kappa shape index (κ3) is 2.49. The molecule has 0 bridgehead atoms. The average molecular weight is 299 g/mol. The smallest absolute Gasteiger partial charge is 0.400 e. The van der Waals surface area contributed by atoms with Gasteiger partial charge in [0.1, 0.15) is 0 Å². The maximum atomic E-state index is 9.77. The minimum atomic E-state index is -0.524. The Labute approximate surface area is 131 Å². The predicted molar refractivity (Wildman–Crippen MR) is 89.4 cm³/mol. The second kappa shape index (κ2) is 5.27. The van der Waals surface area contributed by atoms with Gasteiger partial charge >= 0.3 is 7.12 Å². The maximum Gasteiger partial charge on any atom is 0.492 e. The summed E-state index contributed by atoms with van der Waals surface area (Å²) in [5, 5.41) is 10.9. The van der Waals surface area contributed by atoms with E-state index in [-0.39, 0.29) is 6.61 Å². The van der Waals surface area contributed by atoms with Gasteiger partial charge in [0.25, 0.3) is 0 Å². The second-order valence-corrected chi connectivity index (χ2v) is 6.75. The zero-order chi connectivity index (χ0) is 16.0. The molecule has 1 fully saturated rings. The molecule has 3 rings (SSSR count). The summed E-state index contributed by atoms with van der Waals surface area (Å²) in [4.78, 5) is 3.19. The first-order chi connectivity index (χ1) is 10.3. The normalized spacial score (nSPS) is 20.8. The quantitative estimate of drug-likeness (QED) is 0.856. The van der Waals surface area contributed by atoms with Gasteiger partial charge in [-0.15, -0.1) is 0 Å². The first kappa shape index (κ1) is 15.3. The maximum absolute atomic E-state index is 9.77. The highest BCUT2D eigenvalue weighted by molar-refractivity contribution is 6.55. The molecule has 0 unspecified atom stereocenters. The summed E-state index contributed by atoms with van der Waals surface area (Å²) < 4.78 is 12.0. The van der Waals surface area contributed by atoms with E-state index in [1.54, 1.807) is 0 Å². The first-order valence-electron chi connectivity index (χ1n) is 7.57. The molecule has 1 aliphatic heterocycles. The van der Waals surface area contributed by atoms with Crippen molar-refractivity contribution in [2.24, 2.45) is 0 Å². The minimum absolute atomic E-state index is 0.0996. The molecule has 2 aromatic rings. The van der Waals surface area contributed by atoms with Gasteiger partial charge in [-0.3, -0.25) is 0 Å². The van der Waals surface area contributed by atoms with Crippen LogP contribution in [0.3, 0.4) is 0 Å². The van der Waals surface area contributed by atoms with Crippen LogP contribution in [0.5, 0.6) is 0 Å². The summed E-state index contributed by atoms with van der Waals surface area (Å²) in [5.41, 5.74) is 2.02. The number of aliphatic hydroxyl groups excluding tert-OH is 1. The summed E-state index contributed by atoms with van der Waals surface area (Å²) in [6.07, 6.45) is 3.87. The number of aliphatic hydroxyl groups is 1. The molecule has 1 aliphatic rings. The Morgan fingerprint density at radius 3 is 2.50 bits per heavy atom. The molecule has 0 aliphatic carbocycles. The van der Waals surface area contributed by atoms with E-state index >= 15 is 0 Å². The molecule has 4 nitrogen and oxygen atoms in total. The fourth-order valence-corrected chi connectivity index (χ4v) is 2.62. The van der Waals surface area contributed by atoms with Crippen molar-refractivity contribution in [3.05, 3.63) is 41.5 Å². The number of benzene rings is 1. The largest absolute Gasteiger partial charge is 0.492 e. The second-order valence-electron chi connectivity index (χ2n) is 6.75. The molecule has 0 atom stereocenters. The van der Waals surface area contributed by atoms with E-state index in [9.17, 15) is 5.11 Å². The molecule has 2 N–H and O–H groups in total. The van der Waals surface area contributed by atoms with Gasteiger partial charge in [-0.2, -0.15) is 0 Å². The topological polar surface area (TPSA) is 54.5 Å². The molecule has 1 aromatic carbocycles. The van der Waals surface area contributed by atoms with Gasteiger partial charge in [0.15, 0.2) is 0 Å². The van der Waals surface area contributed by atoms with Crippen LogP contribution in [-0.4, -0.2) is 35.0 Å². The van der Waals surface area contributed by atoms with Crippen LogP contribution in [0, 0.1) is 0 Å². The Morgan fingerprint density at radius 2 is 1.86 bits per heavy atom. The van der Waals surface area contributed by atoms with Crippen LogP contribution >= 0.6 is 0 Å². The van der Waals surface area contributed by atoms with E-state index < -0.39 is 18.3 Å². The van der Waals surface area contributed by atoms with Gasteiger partial charge in [-0.25, -0.2) is 0 Å². The Balaban J connectivity index is 1.97. The lowest BCUT2D eigenvalue weighted by Gasteiger charge is -2.32. The number of aromatic nitrogens is 1. The van der Waals surface area contributed by atoms with Crippen molar-refractivity contribution in [3.8, 4) is 0 Å². The van der Waals surface area contributed by atoms with Crippen LogP contribution < -0.4 is 0 Å². The van der Waals surface area contributed by atoms with Crippen LogP contribution in [0.1, 0.15) is 33.3 Å². The fraction of sp³-hybridized carbons (Fsp3) is 0.412. The predicted octanol–water partition coefficient (Wildman–Crippen LogP) is 3.18. The summed E-state index contributed by atoms with van der Waals surface area (Å²) in [5.74, 6) is 0. The molecule has 1 aromatic heterocycles. The SMILES string of the molecule is CC1(C)OB(C(=Cc2cccc3[nH]ccc23)CO)OC1(C)C. The number of H-pyrrole nitrogens is 1. The molecule has 116 valence electrons. The number of hydrogen-bond acceptors (Lipinski definition) is 3. The molecule has 1 saturated heterocycles. The molecule has 5 heteroatoms. The highest BCUT2D eigenvalue weighted by Gasteiger charge is 2.52. The van der Waals surface area contributed by atoms with Crippen molar-refractivity contribution < 1.29 is 14.4 Å². The van der Waals surface area contributed by atoms with E-state index in [0.29, 0.717) is 0 Å². The van der Waals surface area contributed by atoms with Gasteiger partial charge in [-0.05, 0) is 50.9 Å². The van der Waals surface area contributed by atoms with Crippen LogP contribution in [0.25, 0.3) is 17.0 Å². The Hall–Kier alpha value is -1.56. The molecule has 0 spiro atoms. The molecule has 0 radical (unpaired) electrons. The lowest BCUT2D eigenvalue weighted by Crippen LogP contribution is -2.41. The summed E-state index contributed by atoms with van der Waals surface area (Å²) >= 11 is 0. The van der Waals surface area contributed by atoms with Crippen molar-refractivity contribution >= 4 is 24.1 Å². The third-order valence-electron chi connectivity index (χ3n) is 4.71. The van der Waals surface area contributed by atoms with Gasteiger partial charge in [-0.1, -0.05) is 18.2 Å². The first-order valence-corrected chi connectivity index (χ1v) is 7.57. The van der Waals surface area contributed by atoms with Crippen LogP contribution in [0.4, 0.5) is 0 Å². The van der Waals surface area contributed by atoms with Crippen molar-refractivity contribution in [3.63, 3.8) is 0 Å². The van der Waals surface area contributed by atoms with Gasteiger partial charge in [0.2, 0.25) is 0 Å². The van der Waals surface area contributed by atoms with Crippen molar-refractivity contribution in [1.82, 2.24) is 4.98 Å². The number of nitrogens with one attached hydrogen (secondary N) is 1. The lowest BCUT2D eigenvalue weighted by atomic mass is 9.77. The molecule has 2 heterocycles. The average Bonchev–Trinajstić information content (AvgIpc) is 2.99. The zero-order valence-corrected chi connectivity index (χ0v) is 13.5. The molecular weight excluding hydrogens is 277 g/mol. The highest BCUT2D eigenvalue weighted by atomic mass is 16.7. The van der Waals surface area contributed by atoms with E-state index in [4.69, 9.17) is 9.31 Å². The highest BCUT2D eigenvalue weighted by Crippen LogP contribution is 2.38.